The first kappa shape index (κ1) is 10.3. The molecule has 0 amide bonds. The van der Waals surface area contributed by atoms with Gasteiger partial charge in [-0.15, -0.1) is 0 Å². The molecule has 0 aliphatic rings. The van der Waals surface area contributed by atoms with Crippen LogP contribution in [0.25, 0.3) is 0 Å². The molecule has 0 aliphatic heterocycles. The summed E-state index contributed by atoms with van der Waals surface area (Å²) in [4.78, 5) is 0. The van der Waals surface area contributed by atoms with Gasteiger partial charge in [0.1, 0.15) is 5.75 Å². The van der Waals surface area contributed by atoms with Gasteiger partial charge in [-0.3, -0.25) is 0 Å². The molecule has 0 atom stereocenters. The SMILES string of the molecule is COc1ccc(CC(F)(F)Cl)cc1. The smallest absolute Gasteiger partial charge is 0.325 e. The third-order valence-electron chi connectivity index (χ3n) is 1.56. The lowest BCUT2D eigenvalue weighted by Gasteiger charge is -2.07. The molecule has 0 fully saturated rings. The molecular formula is C9H9ClF2O. The van der Waals surface area contributed by atoms with E-state index in [0.717, 1.165) is 0 Å². The van der Waals surface area contributed by atoms with E-state index in [1.807, 2.05) is 0 Å². The Balaban J connectivity index is 2.70. The van der Waals surface area contributed by atoms with Crippen LogP contribution in [0, 0.1) is 0 Å². The Kier molecular flexibility index (Phi) is 3.09. The van der Waals surface area contributed by atoms with Crippen LogP contribution >= 0.6 is 11.6 Å². The van der Waals surface area contributed by atoms with Crippen LogP contribution in [0.2, 0.25) is 0 Å². The predicted molar refractivity (Wildman–Crippen MR) is 47.5 cm³/mol. The first-order valence-electron chi connectivity index (χ1n) is 3.71. The Morgan fingerprint density at radius 1 is 1.31 bits per heavy atom. The summed E-state index contributed by atoms with van der Waals surface area (Å²) in [5.74, 6) is 0.640. The van der Waals surface area contributed by atoms with Gasteiger partial charge in [0.05, 0.1) is 13.5 Å². The summed E-state index contributed by atoms with van der Waals surface area (Å²) in [6.07, 6.45) is -0.460. The third-order valence-corrected chi connectivity index (χ3v) is 1.70. The van der Waals surface area contributed by atoms with E-state index >= 15 is 0 Å². The second-order valence-electron chi connectivity index (χ2n) is 2.64. The Hall–Kier alpha value is -0.830. The molecule has 0 aliphatic carbocycles. The van der Waals surface area contributed by atoms with E-state index in [0.29, 0.717) is 11.3 Å². The largest absolute Gasteiger partial charge is 0.497 e. The van der Waals surface area contributed by atoms with Crippen LogP contribution in [-0.2, 0) is 6.42 Å². The minimum absolute atomic E-state index is 0.460. The van der Waals surface area contributed by atoms with E-state index in [-0.39, 0.29) is 0 Å². The van der Waals surface area contributed by atoms with Crippen molar-refractivity contribution >= 4 is 11.6 Å². The second-order valence-corrected chi connectivity index (χ2v) is 3.19. The number of benzene rings is 1. The minimum atomic E-state index is -3.17. The zero-order valence-corrected chi connectivity index (χ0v) is 7.81. The maximum atomic E-state index is 12.3. The van der Waals surface area contributed by atoms with Crippen molar-refractivity contribution in [3.05, 3.63) is 29.8 Å². The van der Waals surface area contributed by atoms with Crippen LogP contribution in [0.5, 0.6) is 5.75 Å². The van der Waals surface area contributed by atoms with Crippen LogP contribution < -0.4 is 4.74 Å². The van der Waals surface area contributed by atoms with Gasteiger partial charge in [0.15, 0.2) is 0 Å². The average Bonchev–Trinajstić information content (AvgIpc) is 2.03. The standard InChI is InChI=1S/C9H9ClF2O/c1-13-8-4-2-7(3-5-8)6-9(10,11)12/h2-5H,6H2,1H3. The molecule has 0 bridgehead atoms. The number of halogens is 3. The molecule has 0 N–H and O–H groups in total. The molecule has 0 radical (unpaired) electrons. The van der Waals surface area contributed by atoms with Gasteiger partial charge in [0.25, 0.3) is 0 Å². The summed E-state index contributed by atoms with van der Waals surface area (Å²) in [5.41, 5.74) is 0.487. The van der Waals surface area contributed by atoms with Gasteiger partial charge >= 0.3 is 5.38 Å². The van der Waals surface area contributed by atoms with E-state index in [1.54, 1.807) is 24.3 Å². The van der Waals surface area contributed by atoms with E-state index in [4.69, 9.17) is 16.3 Å². The van der Waals surface area contributed by atoms with Crippen molar-refractivity contribution < 1.29 is 13.5 Å². The van der Waals surface area contributed by atoms with Gasteiger partial charge in [0.2, 0.25) is 0 Å². The van der Waals surface area contributed by atoms with Crippen LogP contribution in [0.3, 0.4) is 0 Å². The van der Waals surface area contributed by atoms with Gasteiger partial charge in [-0.05, 0) is 29.3 Å². The fourth-order valence-corrected chi connectivity index (χ4v) is 1.13. The fourth-order valence-electron chi connectivity index (χ4n) is 0.975. The molecule has 0 heterocycles. The van der Waals surface area contributed by atoms with Gasteiger partial charge in [-0.25, -0.2) is 0 Å². The van der Waals surface area contributed by atoms with Gasteiger partial charge in [-0.1, -0.05) is 12.1 Å². The first-order chi connectivity index (χ1) is 6.01. The zero-order valence-electron chi connectivity index (χ0n) is 7.06. The van der Waals surface area contributed by atoms with Gasteiger partial charge < -0.3 is 4.74 Å². The number of ether oxygens (including phenoxy) is 1. The van der Waals surface area contributed by atoms with Crippen LogP contribution in [0.4, 0.5) is 8.78 Å². The molecule has 1 rings (SSSR count). The van der Waals surface area contributed by atoms with Crippen molar-refractivity contribution in [1.82, 2.24) is 0 Å². The maximum Gasteiger partial charge on any atom is 0.325 e. The number of alkyl halides is 3. The highest BCUT2D eigenvalue weighted by molar-refractivity contribution is 6.21. The summed E-state index contributed by atoms with van der Waals surface area (Å²) < 4.78 is 29.5. The molecule has 13 heavy (non-hydrogen) atoms. The summed E-state index contributed by atoms with van der Waals surface area (Å²) in [5, 5.41) is -3.17. The van der Waals surface area contributed by atoms with E-state index in [2.05, 4.69) is 0 Å². The fraction of sp³-hybridized carbons (Fsp3) is 0.333. The average molecular weight is 207 g/mol. The third kappa shape index (κ3) is 3.59. The molecule has 0 spiro atoms. The van der Waals surface area contributed by atoms with Crippen molar-refractivity contribution in [1.29, 1.82) is 0 Å². The summed E-state index contributed by atoms with van der Waals surface area (Å²) in [6.45, 7) is 0. The molecule has 0 saturated carbocycles. The minimum Gasteiger partial charge on any atom is -0.497 e. The molecule has 0 saturated heterocycles. The molecular weight excluding hydrogens is 198 g/mol. The van der Waals surface area contributed by atoms with Crippen molar-refractivity contribution in [3.63, 3.8) is 0 Å². The lowest BCUT2D eigenvalue weighted by atomic mass is 10.1. The normalized spacial score (nSPS) is 11.4. The lowest BCUT2D eigenvalue weighted by Crippen LogP contribution is -2.09. The van der Waals surface area contributed by atoms with Gasteiger partial charge in [-0.2, -0.15) is 8.78 Å². The topological polar surface area (TPSA) is 9.23 Å². The first-order valence-corrected chi connectivity index (χ1v) is 4.09. The Bertz CT molecular complexity index is 266. The quantitative estimate of drug-likeness (QED) is 0.691. The Morgan fingerprint density at radius 2 is 1.85 bits per heavy atom. The number of methoxy groups -OCH3 is 1. The summed E-state index contributed by atoms with van der Waals surface area (Å²) in [7, 11) is 1.52. The molecule has 0 aromatic heterocycles. The Morgan fingerprint density at radius 3 is 2.23 bits per heavy atom. The monoisotopic (exact) mass is 206 g/mol. The predicted octanol–water partition coefficient (Wildman–Crippen LogP) is 3.07. The Labute approximate surface area is 80.3 Å². The number of hydrogen-bond donors (Lipinski definition) is 0. The molecule has 1 aromatic rings. The highest BCUT2D eigenvalue weighted by atomic mass is 35.5. The number of hydrogen-bond acceptors (Lipinski definition) is 1. The summed E-state index contributed by atoms with van der Waals surface area (Å²) in [6, 6.07) is 6.38. The van der Waals surface area contributed by atoms with Crippen molar-refractivity contribution in [2.24, 2.45) is 0 Å². The van der Waals surface area contributed by atoms with Crippen LogP contribution in [-0.4, -0.2) is 12.5 Å². The molecule has 1 nitrogen and oxygen atoms in total. The number of rotatable bonds is 3. The van der Waals surface area contributed by atoms with E-state index < -0.39 is 11.8 Å². The molecule has 1 aromatic carbocycles. The van der Waals surface area contributed by atoms with Gasteiger partial charge in [0, 0.05) is 0 Å². The molecule has 0 unspecified atom stereocenters. The maximum absolute atomic E-state index is 12.3. The van der Waals surface area contributed by atoms with E-state index in [9.17, 15) is 8.78 Å². The zero-order chi connectivity index (χ0) is 9.90. The van der Waals surface area contributed by atoms with E-state index in [1.165, 1.54) is 7.11 Å². The van der Waals surface area contributed by atoms with Crippen LogP contribution in [0.1, 0.15) is 5.56 Å². The molecule has 4 heteroatoms. The highest BCUT2D eigenvalue weighted by Crippen LogP contribution is 2.25. The van der Waals surface area contributed by atoms with Crippen molar-refractivity contribution in [3.8, 4) is 5.75 Å². The lowest BCUT2D eigenvalue weighted by molar-refractivity contribution is 0.0969. The van der Waals surface area contributed by atoms with Crippen molar-refractivity contribution in [2.45, 2.75) is 11.8 Å². The molecule has 72 valence electrons. The second kappa shape index (κ2) is 3.92. The summed E-state index contributed by atoms with van der Waals surface area (Å²) >= 11 is 4.78. The highest BCUT2D eigenvalue weighted by Gasteiger charge is 2.24. The van der Waals surface area contributed by atoms with Crippen LogP contribution in [0.15, 0.2) is 24.3 Å². The van der Waals surface area contributed by atoms with Crippen molar-refractivity contribution in [2.75, 3.05) is 7.11 Å².